The highest BCUT2D eigenvalue weighted by molar-refractivity contribution is 9.10. The number of halogens is 2. The number of hydrogen-bond acceptors (Lipinski definition) is 5. The third-order valence-corrected chi connectivity index (χ3v) is 11.1. The number of nitrogens with one attached hydrogen (secondary N) is 2. The maximum atomic E-state index is 14.7. The number of benzene rings is 3. The molecule has 0 bridgehead atoms. The number of aryl methyl sites for hydroxylation is 2. The zero-order valence-corrected chi connectivity index (χ0v) is 28.7. The molecule has 2 unspecified atom stereocenters. The summed E-state index contributed by atoms with van der Waals surface area (Å²) in [5, 5.41) is 4.85. The topological polar surface area (TPSA) is 77.7 Å². The zero-order chi connectivity index (χ0) is 31.6. The minimum atomic E-state index is -1.11. The minimum absolute atomic E-state index is 0.0500. The van der Waals surface area contributed by atoms with Crippen LogP contribution in [0.4, 0.5) is 0 Å². The van der Waals surface area contributed by atoms with Crippen LogP contribution < -0.4 is 5.32 Å². The molecule has 0 aliphatic carbocycles. The lowest BCUT2D eigenvalue weighted by Crippen LogP contribution is -2.48. The third kappa shape index (κ3) is 6.98. The summed E-state index contributed by atoms with van der Waals surface area (Å²) in [5.41, 5.74) is 5.11. The Hall–Kier alpha value is -2.82. The standard InChI is InChI=1S/C35H38BrClN4O3S/c1-23-4-10-28(18-24(23)2)45-35(34(43)38-12-3-13-40-14-16-44-17-15-40)20-32(42)41(22-25-5-7-26(36)8-6-25)33(35)30-21-39-31-19-27(37)9-11-29(30)31/h4-11,18-19,21,33,39H,3,12-17,20,22H2,1-2H3,(H,38,43). The molecular weight excluding hydrogens is 672 g/mol. The fourth-order valence-corrected chi connectivity index (χ4v) is 8.32. The highest BCUT2D eigenvalue weighted by atomic mass is 79.9. The molecule has 2 atom stereocenters. The van der Waals surface area contributed by atoms with Gasteiger partial charge in [-0.3, -0.25) is 14.5 Å². The molecule has 0 radical (unpaired) electrons. The number of likely N-dealkylation sites (tertiary alicyclic amines) is 1. The number of carbonyl (C=O) groups is 2. The van der Waals surface area contributed by atoms with Crippen LogP contribution in [0, 0.1) is 13.8 Å². The summed E-state index contributed by atoms with van der Waals surface area (Å²) in [4.78, 5) is 37.5. The van der Waals surface area contributed by atoms with Gasteiger partial charge in [-0.25, -0.2) is 0 Å². The zero-order valence-electron chi connectivity index (χ0n) is 25.6. The SMILES string of the molecule is Cc1ccc(SC2(C(=O)NCCCN3CCOCC3)CC(=O)N(Cc3ccc(Br)cc3)C2c2c[nH]c3cc(Cl)ccc23)cc1C. The van der Waals surface area contributed by atoms with E-state index >= 15 is 0 Å². The molecule has 4 aromatic rings. The van der Waals surface area contributed by atoms with Crippen molar-refractivity contribution >= 4 is 62.0 Å². The van der Waals surface area contributed by atoms with E-state index in [1.165, 1.54) is 17.3 Å². The predicted octanol–water partition coefficient (Wildman–Crippen LogP) is 7.04. The summed E-state index contributed by atoms with van der Waals surface area (Å²) in [5.74, 6) is -0.168. The van der Waals surface area contributed by atoms with Gasteiger partial charge in [-0.05, 0) is 79.9 Å². The molecule has 2 N–H and O–H groups in total. The largest absolute Gasteiger partial charge is 0.379 e. The maximum Gasteiger partial charge on any atom is 0.239 e. The molecular formula is C35H38BrClN4O3S. The van der Waals surface area contributed by atoms with Crippen molar-refractivity contribution in [3.05, 3.63) is 98.6 Å². The Labute approximate surface area is 282 Å². The van der Waals surface area contributed by atoms with E-state index in [0.29, 0.717) is 18.1 Å². The Morgan fingerprint density at radius 1 is 1.09 bits per heavy atom. The first kappa shape index (κ1) is 32.1. The number of carbonyl (C=O) groups excluding carboxylic acids is 2. The van der Waals surface area contributed by atoms with E-state index in [0.717, 1.165) is 76.2 Å². The number of rotatable bonds is 10. The molecule has 3 aromatic carbocycles. The second-order valence-corrected chi connectivity index (χ2v) is 14.7. The van der Waals surface area contributed by atoms with E-state index in [9.17, 15) is 9.59 Å². The van der Waals surface area contributed by atoms with Crippen LogP contribution >= 0.6 is 39.3 Å². The Balaban J connectivity index is 1.40. The second-order valence-electron chi connectivity index (χ2n) is 12.0. The number of hydrogen-bond donors (Lipinski definition) is 2. The molecule has 0 spiro atoms. The molecule has 1 aromatic heterocycles. The second kappa shape index (κ2) is 13.9. The molecule has 7 nitrogen and oxygen atoms in total. The van der Waals surface area contributed by atoms with Gasteiger partial charge >= 0.3 is 0 Å². The average Bonchev–Trinajstić information content (AvgIpc) is 3.56. The predicted molar refractivity (Wildman–Crippen MR) is 185 cm³/mol. The van der Waals surface area contributed by atoms with Gasteiger partial charge in [0.15, 0.2) is 0 Å². The number of fused-ring (bicyclic) bond motifs is 1. The molecule has 0 saturated carbocycles. The van der Waals surface area contributed by atoms with Crippen molar-refractivity contribution in [2.45, 2.75) is 48.9 Å². The summed E-state index contributed by atoms with van der Waals surface area (Å²) < 4.78 is 5.35. The molecule has 3 heterocycles. The van der Waals surface area contributed by atoms with E-state index in [2.05, 4.69) is 63.2 Å². The van der Waals surface area contributed by atoms with E-state index in [4.69, 9.17) is 16.3 Å². The lowest BCUT2D eigenvalue weighted by Gasteiger charge is -2.36. The molecule has 2 aliphatic rings. The Kier molecular flexibility index (Phi) is 9.92. The smallest absolute Gasteiger partial charge is 0.239 e. The van der Waals surface area contributed by atoms with Gasteiger partial charge in [0.25, 0.3) is 0 Å². The van der Waals surface area contributed by atoms with Crippen LogP contribution in [-0.4, -0.2) is 70.7 Å². The van der Waals surface area contributed by atoms with E-state index in [-0.39, 0.29) is 18.2 Å². The van der Waals surface area contributed by atoms with Crippen molar-refractivity contribution in [3.63, 3.8) is 0 Å². The van der Waals surface area contributed by atoms with Gasteiger partial charge < -0.3 is 19.9 Å². The fourth-order valence-electron chi connectivity index (χ4n) is 6.36. The van der Waals surface area contributed by atoms with Gasteiger partial charge in [-0.1, -0.05) is 51.8 Å². The summed E-state index contributed by atoms with van der Waals surface area (Å²) in [6, 6.07) is 19.5. The molecule has 2 fully saturated rings. The Morgan fingerprint density at radius 2 is 1.87 bits per heavy atom. The van der Waals surface area contributed by atoms with Gasteiger partial charge in [-0.15, -0.1) is 11.8 Å². The Bertz CT molecular complexity index is 1690. The first-order chi connectivity index (χ1) is 21.7. The van der Waals surface area contributed by atoms with Crippen molar-refractivity contribution in [2.24, 2.45) is 0 Å². The van der Waals surface area contributed by atoms with Crippen LogP contribution in [0.3, 0.4) is 0 Å². The lowest BCUT2D eigenvalue weighted by atomic mass is 9.91. The van der Waals surface area contributed by atoms with Gasteiger partial charge in [0.2, 0.25) is 11.8 Å². The minimum Gasteiger partial charge on any atom is -0.379 e. The molecule has 45 heavy (non-hydrogen) atoms. The summed E-state index contributed by atoms with van der Waals surface area (Å²) in [6.45, 7) is 9.28. The van der Waals surface area contributed by atoms with E-state index < -0.39 is 10.8 Å². The molecule has 2 amide bonds. The fraction of sp³-hybridized carbons (Fsp3) is 0.371. The number of ether oxygens (including phenoxy) is 1. The summed E-state index contributed by atoms with van der Waals surface area (Å²) in [6.07, 6.45) is 2.85. The van der Waals surface area contributed by atoms with Crippen molar-refractivity contribution in [1.29, 1.82) is 0 Å². The van der Waals surface area contributed by atoms with Gasteiger partial charge in [0.05, 0.1) is 25.7 Å². The number of morpholine rings is 1. The monoisotopic (exact) mass is 708 g/mol. The van der Waals surface area contributed by atoms with E-state index in [1.807, 2.05) is 53.6 Å². The van der Waals surface area contributed by atoms with Crippen molar-refractivity contribution in [2.75, 3.05) is 39.4 Å². The molecule has 236 valence electrons. The highest BCUT2D eigenvalue weighted by Crippen LogP contribution is 2.54. The van der Waals surface area contributed by atoms with Gasteiger partial charge in [0.1, 0.15) is 4.75 Å². The number of aromatic nitrogens is 1. The maximum absolute atomic E-state index is 14.7. The lowest BCUT2D eigenvalue weighted by molar-refractivity contribution is -0.129. The number of aromatic amines is 1. The van der Waals surface area contributed by atoms with Crippen molar-refractivity contribution < 1.29 is 14.3 Å². The number of amides is 2. The van der Waals surface area contributed by atoms with Crippen LogP contribution in [0.1, 0.15) is 41.1 Å². The first-order valence-electron chi connectivity index (χ1n) is 15.4. The normalized spacial score (nSPS) is 20.7. The van der Waals surface area contributed by atoms with E-state index in [1.54, 1.807) is 0 Å². The summed E-state index contributed by atoms with van der Waals surface area (Å²) >= 11 is 11.4. The first-order valence-corrected chi connectivity index (χ1v) is 17.4. The van der Waals surface area contributed by atoms with Crippen molar-refractivity contribution in [3.8, 4) is 0 Å². The Morgan fingerprint density at radius 3 is 2.62 bits per heavy atom. The number of thioether (sulfide) groups is 1. The van der Waals surface area contributed by atoms with Crippen molar-refractivity contribution in [1.82, 2.24) is 20.1 Å². The quantitative estimate of drug-likeness (QED) is 0.173. The van der Waals surface area contributed by atoms with Crippen LogP contribution in [-0.2, 0) is 20.9 Å². The summed E-state index contributed by atoms with van der Waals surface area (Å²) in [7, 11) is 0. The molecule has 2 aliphatic heterocycles. The number of H-pyrrole nitrogens is 1. The number of nitrogens with zero attached hydrogens (tertiary/aromatic N) is 2. The van der Waals surface area contributed by atoms with Gasteiger partial charge in [0, 0.05) is 63.2 Å². The van der Waals surface area contributed by atoms with Crippen LogP contribution in [0.25, 0.3) is 10.9 Å². The third-order valence-electron chi connectivity index (χ3n) is 8.93. The van der Waals surface area contributed by atoms with Gasteiger partial charge in [-0.2, -0.15) is 0 Å². The molecule has 6 rings (SSSR count). The molecule has 2 saturated heterocycles. The van der Waals surface area contributed by atoms with Crippen LogP contribution in [0.2, 0.25) is 5.02 Å². The highest BCUT2D eigenvalue weighted by Gasteiger charge is 2.58. The van der Waals surface area contributed by atoms with Crippen LogP contribution in [0.15, 0.2) is 76.2 Å². The van der Waals surface area contributed by atoms with Crippen LogP contribution in [0.5, 0.6) is 0 Å². The molecule has 10 heteroatoms. The average molecular weight is 710 g/mol.